The highest BCUT2D eigenvalue weighted by Gasteiger charge is 2.17. The molecule has 0 heterocycles. The first-order valence-corrected chi connectivity index (χ1v) is 10.8. The van der Waals surface area contributed by atoms with Crippen LogP contribution in [0.5, 0.6) is 5.75 Å². The van der Waals surface area contributed by atoms with Crippen molar-refractivity contribution in [1.82, 2.24) is 5.32 Å². The Bertz CT molecular complexity index is 1120. The Morgan fingerprint density at radius 1 is 0.967 bits per heavy atom. The maximum Gasteiger partial charge on any atom is 0.261 e. The van der Waals surface area contributed by atoms with Gasteiger partial charge in [-0.05, 0) is 60.7 Å². The minimum atomic E-state index is -3.98. The number of sulfonamides is 1. The van der Waals surface area contributed by atoms with Gasteiger partial charge in [0.05, 0.1) is 17.1 Å². The number of anilines is 1. The zero-order valence-electron chi connectivity index (χ0n) is 15.6. The van der Waals surface area contributed by atoms with E-state index < -0.39 is 15.8 Å². The second-order valence-corrected chi connectivity index (χ2v) is 8.29. The van der Waals surface area contributed by atoms with E-state index in [0.717, 1.165) is 6.07 Å². The summed E-state index contributed by atoms with van der Waals surface area (Å²) >= 11 is 5.80. The predicted octanol–water partition coefficient (Wildman–Crippen LogP) is 4.09. The molecule has 0 bridgehead atoms. The van der Waals surface area contributed by atoms with Gasteiger partial charge in [0.25, 0.3) is 15.9 Å². The van der Waals surface area contributed by atoms with Crippen molar-refractivity contribution in [2.24, 2.45) is 0 Å². The van der Waals surface area contributed by atoms with Crippen molar-refractivity contribution in [3.63, 3.8) is 0 Å². The van der Waals surface area contributed by atoms with Crippen molar-refractivity contribution in [2.75, 3.05) is 17.9 Å². The molecule has 30 heavy (non-hydrogen) atoms. The van der Waals surface area contributed by atoms with Crippen LogP contribution in [0.1, 0.15) is 10.4 Å². The Morgan fingerprint density at radius 2 is 1.63 bits per heavy atom. The fraction of sp³-hybridized carbons (Fsp3) is 0.0952. The minimum absolute atomic E-state index is 0.0895. The number of hydrogen-bond acceptors (Lipinski definition) is 4. The highest BCUT2D eigenvalue weighted by molar-refractivity contribution is 7.92. The summed E-state index contributed by atoms with van der Waals surface area (Å²) in [5.41, 5.74) is 0.131. The number of para-hydroxylation sites is 1. The Morgan fingerprint density at radius 3 is 2.30 bits per heavy atom. The van der Waals surface area contributed by atoms with E-state index in [1.165, 1.54) is 42.5 Å². The highest BCUT2D eigenvalue weighted by Crippen LogP contribution is 2.19. The average Bonchev–Trinajstić information content (AvgIpc) is 2.74. The van der Waals surface area contributed by atoms with E-state index in [1.54, 1.807) is 24.3 Å². The second kappa shape index (κ2) is 9.60. The number of nitrogens with one attached hydrogen (secondary N) is 2. The van der Waals surface area contributed by atoms with Crippen molar-refractivity contribution in [3.8, 4) is 5.75 Å². The van der Waals surface area contributed by atoms with Crippen LogP contribution in [0.3, 0.4) is 0 Å². The van der Waals surface area contributed by atoms with E-state index in [9.17, 15) is 17.6 Å². The predicted molar refractivity (Wildman–Crippen MR) is 113 cm³/mol. The summed E-state index contributed by atoms with van der Waals surface area (Å²) in [4.78, 5) is 12.1. The van der Waals surface area contributed by atoms with Crippen molar-refractivity contribution < 1.29 is 22.3 Å². The van der Waals surface area contributed by atoms with Crippen LogP contribution in [0, 0.1) is 5.82 Å². The number of carbonyl (C=O) groups is 1. The van der Waals surface area contributed by atoms with Gasteiger partial charge in [-0.1, -0.05) is 23.7 Å². The van der Waals surface area contributed by atoms with Crippen LogP contribution >= 0.6 is 11.6 Å². The van der Waals surface area contributed by atoms with E-state index in [4.69, 9.17) is 16.3 Å². The first kappa shape index (κ1) is 21.6. The number of rotatable bonds is 8. The summed E-state index contributed by atoms with van der Waals surface area (Å²) in [7, 11) is -3.98. The molecule has 0 aliphatic carbocycles. The van der Waals surface area contributed by atoms with E-state index in [-0.39, 0.29) is 35.2 Å². The molecule has 0 atom stereocenters. The Balaban J connectivity index is 1.54. The average molecular weight is 449 g/mol. The third-order valence-corrected chi connectivity index (χ3v) is 5.65. The first-order chi connectivity index (χ1) is 14.3. The zero-order chi connectivity index (χ0) is 21.6. The molecule has 0 saturated heterocycles. The molecule has 0 unspecified atom stereocenters. The maximum absolute atomic E-state index is 13.7. The van der Waals surface area contributed by atoms with Gasteiger partial charge in [-0.15, -0.1) is 0 Å². The smallest absolute Gasteiger partial charge is 0.261 e. The molecule has 0 radical (unpaired) electrons. The van der Waals surface area contributed by atoms with Crippen LogP contribution in [0.4, 0.5) is 10.1 Å². The molecule has 2 N–H and O–H groups in total. The Kier molecular flexibility index (Phi) is 6.91. The molecule has 3 aromatic carbocycles. The van der Waals surface area contributed by atoms with Gasteiger partial charge < -0.3 is 10.1 Å². The van der Waals surface area contributed by atoms with Gasteiger partial charge in [0.1, 0.15) is 18.2 Å². The van der Waals surface area contributed by atoms with Crippen molar-refractivity contribution in [2.45, 2.75) is 4.90 Å². The lowest BCUT2D eigenvalue weighted by atomic mass is 10.2. The number of amides is 1. The molecular weight excluding hydrogens is 431 g/mol. The lowest BCUT2D eigenvalue weighted by molar-refractivity contribution is 0.0947. The van der Waals surface area contributed by atoms with E-state index in [0.29, 0.717) is 10.8 Å². The molecular formula is C21H18ClFN2O4S. The third kappa shape index (κ3) is 5.71. The summed E-state index contributed by atoms with van der Waals surface area (Å²) in [5, 5.41) is 3.28. The van der Waals surface area contributed by atoms with Gasteiger partial charge in [0, 0.05) is 10.6 Å². The van der Waals surface area contributed by atoms with Crippen LogP contribution in [0.15, 0.2) is 77.7 Å². The lowest BCUT2D eigenvalue weighted by Crippen LogP contribution is -2.28. The topological polar surface area (TPSA) is 84.5 Å². The van der Waals surface area contributed by atoms with Crippen LogP contribution < -0.4 is 14.8 Å². The van der Waals surface area contributed by atoms with Crippen LogP contribution in [-0.4, -0.2) is 27.5 Å². The molecule has 0 saturated carbocycles. The number of ether oxygens (including phenoxy) is 1. The van der Waals surface area contributed by atoms with E-state index in [1.807, 2.05) is 0 Å². The molecule has 0 aliphatic rings. The molecule has 0 aliphatic heterocycles. The summed E-state index contributed by atoms with van der Waals surface area (Å²) in [6.45, 7) is 0.517. The number of hydrogen-bond donors (Lipinski definition) is 2. The van der Waals surface area contributed by atoms with E-state index >= 15 is 0 Å². The zero-order valence-corrected chi connectivity index (χ0v) is 17.2. The molecule has 3 rings (SSSR count). The van der Waals surface area contributed by atoms with Crippen molar-refractivity contribution in [1.29, 1.82) is 0 Å². The van der Waals surface area contributed by atoms with Gasteiger partial charge in [-0.2, -0.15) is 0 Å². The fourth-order valence-electron chi connectivity index (χ4n) is 2.50. The molecule has 6 nitrogen and oxygen atoms in total. The quantitative estimate of drug-likeness (QED) is 0.508. The van der Waals surface area contributed by atoms with E-state index in [2.05, 4.69) is 10.0 Å². The molecule has 0 aromatic heterocycles. The molecule has 156 valence electrons. The molecule has 0 spiro atoms. The first-order valence-electron chi connectivity index (χ1n) is 8.89. The molecule has 9 heteroatoms. The third-order valence-electron chi connectivity index (χ3n) is 4.01. The highest BCUT2D eigenvalue weighted by atomic mass is 35.5. The monoisotopic (exact) mass is 448 g/mol. The summed E-state index contributed by atoms with van der Waals surface area (Å²) in [6, 6.07) is 17.6. The van der Waals surface area contributed by atoms with Gasteiger partial charge in [0.15, 0.2) is 0 Å². The summed E-state index contributed by atoms with van der Waals surface area (Å²) < 4.78 is 46.2. The van der Waals surface area contributed by atoms with Gasteiger partial charge in [0.2, 0.25) is 0 Å². The Hall–Kier alpha value is -3.10. The second-order valence-electron chi connectivity index (χ2n) is 6.17. The molecule has 0 fully saturated rings. The SMILES string of the molecule is O=C(NCCOc1ccc(Cl)cc1)c1ccc(S(=O)(=O)Nc2ccccc2F)cc1. The van der Waals surface area contributed by atoms with Crippen LogP contribution in [0.2, 0.25) is 5.02 Å². The van der Waals surface area contributed by atoms with Gasteiger partial charge >= 0.3 is 0 Å². The van der Waals surface area contributed by atoms with Gasteiger partial charge in [-0.3, -0.25) is 9.52 Å². The number of benzene rings is 3. The van der Waals surface area contributed by atoms with Crippen molar-refractivity contribution >= 4 is 33.2 Å². The normalized spacial score (nSPS) is 11.0. The van der Waals surface area contributed by atoms with Crippen LogP contribution in [-0.2, 0) is 10.0 Å². The molecule has 1 amide bonds. The minimum Gasteiger partial charge on any atom is -0.492 e. The lowest BCUT2D eigenvalue weighted by Gasteiger charge is -2.10. The Labute approximate surface area is 178 Å². The van der Waals surface area contributed by atoms with Crippen LogP contribution in [0.25, 0.3) is 0 Å². The number of carbonyl (C=O) groups excluding carboxylic acids is 1. The fourth-order valence-corrected chi connectivity index (χ4v) is 3.69. The summed E-state index contributed by atoms with van der Waals surface area (Å²) in [5.74, 6) is -0.427. The standard InChI is InChI=1S/C21H18ClFN2O4S/c22-16-7-9-17(10-8-16)29-14-13-24-21(26)15-5-11-18(12-6-15)30(27,28)25-20-4-2-1-3-19(20)23/h1-12,25H,13-14H2,(H,24,26). The van der Waals surface area contributed by atoms with Crippen molar-refractivity contribution in [3.05, 3.63) is 89.2 Å². The largest absolute Gasteiger partial charge is 0.492 e. The summed E-state index contributed by atoms with van der Waals surface area (Å²) in [6.07, 6.45) is 0. The maximum atomic E-state index is 13.7. The molecule has 3 aromatic rings. The number of halogens is 2. The van der Waals surface area contributed by atoms with Gasteiger partial charge in [-0.25, -0.2) is 12.8 Å².